The van der Waals surface area contributed by atoms with Gasteiger partial charge in [-0.2, -0.15) is 0 Å². The number of pyridine rings is 1. The van der Waals surface area contributed by atoms with E-state index in [2.05, 4.69) is 4.98 Å². The molecule has 0 atom stereocenters. The third-order valence-corrected chi connectivity index (χ3v) is 1.96. The molecule has 4 heteroatoms. The summed E-state index contributed by atoms with van der Waals surface area (Å²) < 4.78 is 5.03. The Hall–Kier alpha value is -2.10. The van der Waals surface area contributed by atoms with Gasteiger partial charge in [-0.15, -0.1) is 0 Å². The van der Waals surface area contributed by atoms with E-state index in [1.807, 2.05) is 12.1 Å². The molecule has 1 aromatic carbocycles. The molecule has 2 N–H and O–H groups in total. The lowest BCUT2D eigenvalue weighted by atomic mass is 10.2. The fraction of sp³-hybridized carbons (Fsp3) is 0.0909. The van der Waals surface area contributed by atoms with Crippen LogP contribution in [0, 0.1) is 0 Å². The van der Waals surface area contributed by atoms with Crippen LogP contribution in [0.3, 0.4) is 0 Å². The minimum atomic E-state index is -0.369. The quantitative estimate of drug-likeness (QED) is 0.565. The second kappa shape index (κ2) is 3.57. The molecule has 0 bridgehead atoms. The fourth-order valence-corrected chi connectivity index (χ4v) is 1.37. The summed E-state index contributed by atoms with van der Waals surface area (Å²) in [4.78, 5) is 15.0. The monoisotopic (exact) mass is 202 g/mol. The minimum absolute atomic E-state index is 0.369. The lowest BCUT2D eigenvalue weighted by Crippen LogP contribution is -2.02. The number of fused-ring (bicyclic) bond motifs is 1. The number of esters is 1. The molecular weight excluding hydrogens is 192 g/mol. The Kier molecular flexibility index (Phi) is 2.25. The van der Waals surface area contributed by atoms with Gasteiger partial charge in [-0.3, -0.25) is 4.79 Å². The number of anilines is 1. The van der Waals surface area contributed by atoms with E-state index in [1.165, 1.54) is 6.92 Å². The first-order valence-electron chi connectivity index (χ1n) is 4.50. The molecule has 2 aromatic rings. The molecule has 15 heavy (non-hydrogen) atoms. The minimum Gasteiger partial charge on any atom is -0.424 e. The van der Waals surface area contributed by atoms with Crippen molar-refractivity contribution in [2.24, 2.45) is 0 Å². The Morgan fingerprint density at radius 3 is 2.87 bits per heavy atom. The number of aromatic nitrogens is 1. The van der Waals surface area contributed by atoms with Crippen LogP contribution in [-0.4, -0.2) is 11.0 Å². The van der Waals surface area contributed by atoms with Gasteiger partial charge in [0.1, 0.15) is 11.3 Å². The highest BCUT2D eigenvalue weighted by Crippen LogP contribution is 2.24. The zero-order valence-electron chi connectivity index (χ0n) is 8.23. The van der Waals surface area contributed by atoms with Crippen molar-refractivity contribution in [3.8, 4) is 5.75 Å². The summed E-state index contributed by atoms with van der Waals surface area (Å²) in [6.07, 6.45) is 0. The van der Waals surface area contributed by atoms with Crippen molar-refractivity contribution >= 4 is 22.7 Å². The third kappa shape index (κ3) is 1.88. The van der Waals surface area contributed by atoms with Crippen LogP contribution in [0.4, 0.5) is 5.82 Å². The normalized spacial score (nSPS) is 10.2. The van der Waals surface area contributed by atoms with E-state index >= 15 is 0 Å². The standard InChI is InChI=1S/C11H10N2O2/c1-7(14)15-9-4-2-3-8-5-6-10(12)13-11(8)9/h2-6H,1H3,(H2,12,13). The maximum absolute atomic E-state index is 10.9. The van der Waals surface area contributed by atoms with Crippen LogP contribution < -0.4 is 10.5 Å². The smallest absolute Gasteiger partial charge is 0.308 e. The van der Waals surface area contributed by atoms with Gasteiger partial charge in [0.05, 0.1) is 0 Å². The molecule has 0 aliphatic rings. The Balaban J connectivity index is 2.63. The maximum atomic E-state index is 10.9. The SMILES string of the molecule is CC(=O)Oc1cccc2ccc(N)nc12. The first-order valence-corrected chi connectivity index (χ1v) is 4.50. The summed E-state index contributed by atoms with van der Waals surface area (Å²) in [6, 6.07) is 8.92. The highest BCUT2D eigenvalue weighted by molar-refractivity contribution is 5.87. The maximum Gasteiger partial charge on any atom is 0.308 e. The molecular formula is C11H10N2O2. The lowest BCUT2D eigenvalue weighted by Gasteiger charge is -2.05. The van der Waals surface area contributed by atoms with E-state index in [9.17, 15) is 4.79 Å². The number of hydrogen-bond acceptors (Lipinski definition) is 4. The number of para-hydroxylation sites is 1. The number of hydrogen-bond donors (Lipinski definition) is 1. The van der Waals surface area contributed by atoms with Gasteiger partial charge < -0.3 is 10.5 Å². The van der Waals surface area contributed by atoms with Crippen molar-refractivity contribution in [1.82, 2.24) is 4.98 Å². The van der Waals surface area contributed by atoms with Gasteiger partial charge in [0.15, 0.2) is 5.75 Å². The predicted octanol–water partition coefficient (Wildman–Crippen LogP) is 1.74. The van der Waals surface area contributed by atoms with Gasteiger partial charge in [-0.05, 0) is 18.2 Å². The number of nitrogens with two attached hydrogens (primary N) is 1. The van der Waals surface area contributed by atoms with E-state index in [0.29, 0.717) is 17.1 Å². The summed E-state index contributed by atoms with van der Waals surface area (Å²) in [5, 5.41) is 0.892. The molecule has 2 rings (SSSR count). The number of ether oxygens (including phenoxy) is 1. The van der Waals surface area contributed by atoms with E-state index in [4.69, 9.17) is 10.5 Å². The zero-order valence-corrected chi connectivity index (χ0v) is 8.23. The Bertz CT molecular complexity index is 523. The summed E-state index contributed by atoms with van der Waals surface area (Å²) in [5.41, 5.74) is 6.18. The second-order valence-electron chi connectivity index (χ2n) is 3.16. The molecule has 76 valence electrons. The molecule has 0 amide bonds. The van der Waals surface area contributed by atoms with E-state index in [-0.39, 0.29) is 5.97 Å². The molecule has 0 spiro atoms. The van der Waals surface area contributed by atoms with Crippen LogP contribution in [-0.2, 0) is 4.79 Å². The molecule has 0 radical (unpaired) electrons. The van der Waals surface area contributed by atoms with Crippen LogP contribution in [0.25, 0.3) is 10.9 Å². The molecule has 0 aliphatic heterocycles. The number of carbonyl (C=O) groups is 1. The number of carbonyl (C=O) groups excluding carboxylic acids is 1. The Morgan fingerprint density at radius 1 is 1.33 bits per heavy atom. The van der Waals surface area contributed by atoms with Crippen LogP contribution in [0.2, 0.25) is 0 Å². The van der Waals surface area contributed by atoms with Crippen LogP contribution in [0.5, 0.6) is 5.75 Å². The van der Waals surface area contributed by atoms with Gasteiger partial charge in [-0.25, -0.2) is 4.98 Å². The van der Waals surface area contributed by atoms with Crippen LogP contribution in [0.15, 0.2) is 30.3 Å². The predicted molar refractivity (Wildman–Crippen MR) is 57.5 cm³/mol. The number of benzene rings is 1. The van der Waals surface area contributed by atoms with Gasteiger partial charge in [0, 0.05) is 12.3 Å². The molecule has 0 saturated heterocycles. The van der Waals surface area contributed by atoms with Gasteiger partial charge in [0.2, 0.25) is 0 Å². The van der Waals surface area contributed by atoms with Gasteiger partial charge in [0.25, 0.3) is 0 Å². The molecule has 1 heterocycles. The molecule has 0 unspecified atom stereocenters. The molecule has 0 fully saturated rings. The van der Waals surface area contributed by atoms with Crippen molar-refractivity contribution in [1.29, 1.82) is 0 Å². The van der Waals surface area contributed by atoms with Crippen LogP contribution in [0.1, 0.15) is 6.92 Å². The van der Waals surface area contributed by atoms with Crippen molar-refractivity contribution in [3.63, 3.8) is 0 Å². The first kappa shape index (κ1) is 9.45. The van der Waals surface area contributed by atoms with Crippen molar-refractivity contribution in [2.45, 2.75) is 6.92 Å². The van der Waals surface area contributed by atoms with E-state index in [0.717, 1.165) is 5.39 Å². The number of rotatable bonds is 1. The average Bonchev–Trinajstić information content (AvgIpc) is 2.18. The lowest BCUT2D eigenvalue weighted by molar-refractivity contribution is -0.131. The zero-order chi connectivity index (χ0) is 10.8. The topological polar surface area (TPSA) is 65.2 Å². The van der Waals surface area contributed by atoms with E-state index < -0.39 is 0 Å². The summed E-state index contributed by atoms with van der Waals surface area (Å²) in [6.45, 7) is 1.35. The summed E-state index contributed by atoms with van der Waals surface area (Å²) in [5.74, 6) is 0.473. The highest BCUT2D eigenvalue weighted by Gasteiger charge is 2.05. The average molecular weight is 202 g/mol. The molecule has 1 aromatic heterocycles. The molecule has 0 saturated carbocycles. The highest BCUT2D eigenvalue weighted by atomic mass is 16.5. The first-order chi connectivity index (χ1) is 7.16. The Labute approximate surface area is 86.7 Å². The third-order valence-electron chi connectivity index (χ3n) is 1.96. The van der Waals surface area contributed by atoms with Gasteiger partial charge >= 0.3 is 5.97 Å². The summed E-state index contributed by atoms with van der Waals surface area (Å²) in [7, 11) is 0. The molecule has 4 nitrogen and oxygen atoms in total. The van der Waals surface area contributed by atoms with Crippen molar-refractivity contribution < 1.29 is 9.53 Å². The Morgan fingerprint density at radius 2 is 2.13 bits per heavy atom. The second-order valence-corrected chi connectivity index (χ2v) is 3.16. The van der Waals surface area contributed by atoms with Crippen molar-refractivity contribution in [3.05, 3.63) is 30.3 Å². The van der Waals surface area contributed by atoms with Gasteiger partial charge in [-0.1, -0.05) is 12.1 Å². The van der Waals surface area contributed by atoms with Crippen LogP contribution >= 0.6 is 0 Å². The van der Waals surface area contributed by atoms with Crippen molar-refractivity contribution in [2.75, 3.05) is 5.73 Å². The molecule has 0 aliphatic carbocycles. The van der Waals surface area contributed by atoms with E-state index in [1.54, 1.807) is 18.2 Å². The largest absolute Gasteiger partial charge is 0.424 e. The number of nitrogens with zero attached hydrogens (tertiary/aromatic N) is 1. The summed E-state index contributed by atoms with van der Waals surface area (Å²) >= 11 is 0. The number of nitrogen functional groups attached to an aromatic ring is 1. The fourth-order valence-electron chi connectivity index (χ4n) is 1.37.